The third-order valence-electron chi connectivity index (χ3n) is 4.56. The zero-order valence-electron chi connectivity index (χ0n) is 15.6. The lowest BCUT2D eigenvalue weighted by molar-refractivity contribution is 0.134. The summed E-state index contributed by atoms with van der Waals surface area (Å²) in [5.41, 5.74) is 9.46. The van der Waals surface area contributed by atoms with Crippen molar-refractivity contribution < 1.29 is 9.47 Å². The number of fused-ring (bicyclic) bond motifs is 1. The van der Waals surface area contributed by atoms with Gasteiger partial charge in [0, 0.05) is 24.2 Å². The van der Waals surface area contributed by atoms with Crippen LogP contribution in [-0.2, 0) is 11.3 Å². The first kappa shape index (κ1) is 17.5. The second-order valence-electron chi connectivity index (χ2n) is 7.02. The Morgan fingerprint density at radius 1 is 1.37 bits per heavy atom. The molecule has 0 spiro atoms. The molecule has 1 unspecified atom stereocenters. The second kappa shape index (κ2) is 7.40. The summed E-state index contributed by atoms with van der Waals surface area (Å²) in [6, 6.07) is 8.08. The van der Waals surface area contributed by atoms with Gasteiger partial charge < -0.3 is 20.5 Å². The number of hydrogen-bond donors (Lipinski definition) is 2. The molecule has 3 heterocycles. The van der Waals surface area contributed by atoms with Gasteiger partial charge in [0.1, 0.15) is 6.10 Å². The molecule has 0 radical (unpaired) electrons. The minimum absolute atomic E-state index is 0.0142. The van der Waals surface area contributed by atoms with Gasteiger partial charge in [-0.25, -0.2) is 0 Å². The van der Waals surface area contributed by atoms with Gasteiger partial charge in [0.2, 0.25) is 5.95 Å². The van der Waals surface area contributed by atoms with Crippen LogP contribution in [0.5, 0.6) is 6.01 Å². The molecule has 1 aromatic carbocycles. The summed E-state index contributed by atoms with van der Waals surface area (Å²) in [5.74, 6) is 0.880. The van der Waals surface area contributed by atoms with E-state index >= 15 is 0 Å². The SMILES string of the molecule is CC(C)c1cnn2c(NCc3cccc(N)c3)nc(OC3CCOC3)nc12. The van der Waals surface area contributed by atoms with Crippen LogP contribution in [0.1, 0.15) is 37.3 Å². The smallest absolute Gasteiger partial charge is 0.322 e. The molecule has 8 heteroatoms. The van der Waals surface area contributed by atoms with Crippen molar-refractivity contribution in [3.8, 4) is 6.01 Å². The highest BCUT2D eigenvalue weighted by Gasteiger charge is 2.21. The van der Waals surface area contributed by atoms with E-state index in [-0.39, 0.29) is 6.10 Å². The molecule has 27 heavy (non-hydrogen) atoms. The van der Waals surface area contributed by atoms with Crippen LogP contribution in [0.15, 0.2) is 30.5 Å². The number of aromatic nitrogens is 4. The van der Waals surface area contributed by atoms with E-state index in [1.807, 2.05) is 30.5 Å². The Morgan fingerprint density at radius 3 is 3.00 bits per heavy atom. The predicted octanol–water partition coefficient (Wildman–Crippen LogP) is 2.61. The van der Waals surface area contributed by atoms with E-state index in [0.717, 1.165) is 28.9 Å². The maximum Gasteiger partial charge on any atom is 0.322 e. The van der Waals surface area contributed by atoms with Crippen LogP contribution in [0.4, 0.5) is 11.6 Å². The Labute approximate surface area is 157 Å². The van der Waals surface area contributed by atoms with Crippen molar-refractivity contribution in [2.75, 3.05) is 24.3 Å². The summed E-state index contributed by atoms with van der Waals surface area (Å²) in [5, 5.41) is 7.80. The molecule has 3 aromatic rings. The third-order valence-corrected chi connectivity index (χ3v) is 4.56. The van der Waals surface area contributed by atoms with Crippen molar-refractivity contribution in [2.24, 2.45) is 0 Å². The largest absolute Gasteiger partial charge is 0.457 e. The number of hydrogen-bond acceptors (Lipinski definition) is 7. The fourth-order valence-corrected chi connectivity index (χ4v) is 3.09. The number of nitrogen functional groups attached to an aromatic ring is 1. The van der Waals surface area contributed by atoms with Gasteiger partial charge in [0.05, 0.1) is 19.4 Å². The van der Waals surface area contributed by atoms with Gasteiger partial charge in [-0.3, -0.25) is 0 Å². The molecule has 1 aliphatic heterocycles. The zero-order valence-corrected chi connectivity index (χ0v) is 15.6. The molecule has 0 amide bonds. The highest BCUT2D eigenvalue weighted by atomic mass is 16.6. The van der Waals surface area contributed by atoms with E-state index in [2.05, 4.69) is 34.2 Å². The summed E-state index contributed by atoms with van der Waals surface area (Å²) in [6.07, 6.45) is 2.67. The predicted molar refractivity (Wildman–Crippen MR) is 103 cm³/mol. The molecular formula is C19H24N6O2. The average Bonchev–Trinajstić information content (AvgIpc) is 3.29. The molecule has 4 rings (SSSR count). The molecule has 1 atom stereocenters. The van der Waals surface area contributed by atoms with Gasteiger partial charge in [-0.1, -0.05) is 26.0 Å². The van der Waals surface area contributed by atoms with Crippen LogP contribution < -0.4 is 15.8 Å². The van der Waals surface area contributed by atoms with Gasteiger partial charge in [-0.15, -0.1) is 0 Å². The lowest BCUT2D eigenvalue weighted by atomic mass is 10.1. The van der Waals surface area contributed by atoms with Crippen molar-refractivity contribution in [3.63, 3.8) is 0 Å². The molecule has 2 aromatic heterocycles. The van der Waals surface area contributed by atoms with Crippen molar-refractivity contribution in [1.29, 1.82) is 0 Å². The van der Waals surface area contributed by atoms with Crippen LogP contribution in [0, 0.1) is 0 Å². The highest BCUT2D eigenvalue weighted by molar-refractivity contribution is 5.53. The summed E-state index contributed by atoms with van der Waals surface area (Å²) < 4.78 is 13.1. The molecule has 1 saturated heterocycles. The molecule has 142 valence electrons. The van der Waals surface area contributed by atoms with E-state index in [4.69, 9.17) is 15.2 Å². The molecule has 1 fully saturated rings. The number of ether oxygens (including phenoxy) is 2. The Morgan fingerprint density at radius 2 is 2.26 bits per heavy atom. The zero-order chi connectivity index (χ0) is 18.8. The van der Waals surface area contributed by atoms with Gasteiger partial charge in [-0.05, 0) is 23.6 Å². The summed E-state index contributed by atoms with van der Waals surface area (Å²) in [7, 11) is 0. The van der Waals surface area contributed by atoms with Crippen LogP contribution in [0.2, 0.25) is 0 Å². The Hall–Kier alpha value is -2.87. The number of nitrogens with zero attached hydrogens (tertiary/aromatic N) is 4. The number of anilines is 2. The monoisotopic (exact) mass is 368 g/mol. The first-order chi connectivity index (χ1) is 13.1. The van der Waals surface area contributed by atoms with Crippen LogP contribution in [-0.4, -0.2) is 38.9 Å². The van der Waals surface area contributed by atoms with Crippen molar-refractivity contribution in [1.82, 2.24) is 19.6 Å². The van der Waals surface area contributed by atoms with Gasteiger partial charge in [0.25, 0.3) is 0 Å². The van der Waals surface area contributed by atoms with Crippen molar-refractivity contribution in [3.05, 3.63) is 41.6 Å². The molecule has 0 saturated carbocycles. The summed E-state index contributed by atoms with van der Waals surface area (Å²) >= 11 is 0. The van der Waals surface area contributed by atoms with E-state index in [1.165, 1.54) is 0 Å². The number of nitrogens with one attached hydrogen (secondary N) is 1. The Kier molecular flexibility index (Phi) is 4.81. The third kappa shape index (κ3) is 3.80. The highest BCUT2D eigenvalue weighted by Crippen LogP contribution is 2.24. The van der Waals surface area contributed by atoms with Crippen LogP contribution in [0.25, 0.3) is 5.65 Å². The van der Waals surface area contributed by atoms with Crippen LogP contribution in [0.3, 0.4) is 0 Å². The van der Waals surface area contributed by atoms with E-state index < -0.39 is 0 Å². The standard InChI is InChI=1S/C19H24N6O2/c1-12(2)16-10-22-25-17(16)23-19(27-15-6-7-26-11-15)24-18(25)21-9-13-4-3-5-14(20)8-13/h3-5,8,10,12,15H,6-7,9,11,20H2,1-2H3,(H,21,23,24). The fraction of sp³-hybridized carbons (Fsp3) is 0.421. The van der Waals surface area contributed by atoms with Crippen molar-refractivity contribution >= 4 is 17.3 Å². The Bertz CT molecular complexity index is 933. The molecular weight excluding hydrogens is 344 g/mol. The molecule has 1 aliphatic rings. The average molecular weight is 368 g/mol. The summed E-state index contributed by atoms with van der Waals surface area (Å²) in [4.78, 5) is 9.15. The summed E-state index contributed by atoms with van der Waals surface area (Å²) in [6.45, 7) is 6.07. The van der Waals surface area contributed by atoms with Crippen molar-refractivity contribution in [2.45, 2.75) is 38.8 Å². The lowest BCUT2D eigenvalue weighted by Gasteiger charge is -2.13. The second-order valence-corrected chi connectivity index (χ2v) is 7.02. The van der Waals surface area contributed by atoms with Gasteiger partial charge in [-0.2, -0.15) is 19.6 Å². The lowest BCUT2D eigenvalue weighted by Crippen LogP contribution is -2.19. The number of nitrogens with two attached hydrogens (primary N) is 1. The molecule has 0 aliphatic carbocycles. The number of rotatable bonds is 6. The first-order valence-electron chi connectivity index (χ1n) is 9.18. The fourth-order valence-electron chi connectivity index (χ4n) is 3.09. The minimum Gasteiger partial charge on any atom is -0.457 e. The quantitative estimate of drug-likeness (QED) is 0.645. The van der Waals surface area contributed by atoms with E-state index in [1.54, 1.807) is 4.52 Å². The topological polar surface area (TPSA) is 99.6 Å². The van der Waals surface area contributed by atoms with Gasteiger partial charge >= 0.3 is 6.01 Å². The first-order valence-corrected chi connectivity index (χ1v) is 9.18. The van der Waals surface area contributed by atoms with E-state index in [0.29, 0.717) is 37.6 Å². The van der Waals surface area contributed by atoms with E-state index in [9.17, 15) is 0 Å². The molecule has 3 N–H and O–H groups in total. The molecule has 0 bridgehead atoms. The Balaban J connectivity index is 1.66. The normalized spacial score (nSPS) is 16.9. The molecule has 8 nitrogen and oxygen atoms in total. The maximum atomic E-state index is 5.95. The minimum atomic E-state index is -0.0142. The van der Waals surface area contributed by atoms with Gasteiger partial charge in [0.15, 0.2) is 5.65 Å². The maximum absolute atomic E-state index is 5.95. The van der Waals surface area contributed by atoms with Crippen LogP contribution >= 0.6 is 0 Å². The number of benzene rings is 1.